The van der Waals surface area contributed by atoms with E-state index in [4.69, 9.17) is 4.74 Å². The molecule has 0 spiro atoms. The Morgan fingerprint density at radius 3 is 3.00 bits per heavy atom. The second-order valence-corrected chi connectivity index (χ2v) is 4.61. The number of pyridine rings is 1. The fourth-order valence-corrected chi connectivity index (χ4v) is 2.29. The van der Waals surface area contributed by atoms with Crippen molar-refractivity contribution in [1.29, 1.82) is 0 Å². The number of esters is 1. The number of carbonyl (C=O) groups excluding carboxylic acids is 1. The number of nitrogens with zero attached hydrogens (tertiary/aromatic N) is 1. The van der Waals surface area contributed by atoms with E-state index in [0.29, 0.717) is 18.1 Å². The Balaban J connectivity index is 2.69. The van der Waals surface area contributed by atoms with Gasteiger partial charge in [-0.2, -0.15) is 0 Å². The van der Waals surface area contributed by atoms with Crippen LogP contribution in [0.25, 0.3) is 6.08 Å². The Morgan fingerprint density at radius 1 is 1.67 bits per heavy atom. The van der Waals surface area contributed by atoms with Crippen LogP contribution < -0.4 is 0 Å². The molecule has 0 aromatic carbocycles. The zero-order valence-electron chi connectivity index (χ0n) is 10.6. The van der Waals surface area contributed by atoms with Crippen molar-refractivity contribution in [3.05, 3.63) is 29.6 Å². The third kappa shape index (κ3) is 3.77. The third-order valence-corrected chi connectivity index (χ3v) is 3.30. The lowest BCUT2D eigenvalue weighted by atomic mass is 10.1. The molecule has 0 aliphatic rings. The number of hydrogen-bond acceptors (Lipinski definition) is 5. The van der Waals surface area contributed by atoms with Gasteiger partial charge in [0.15, 0.2) is 0 Å². The van der Waals surface area contributed by atoms with Crippen LogP contribution >= 0.6 is 11.8 Å². The first-order valence-corrected chi connectivity index (χ1v) is 6.78. The van der Waals surface area contributed by atoms with Gasteiger partial charge in [-0.25, -0.2) is 0 Å². The van der Waals surface area contributed by atoms with Gasteiger partial charge in [0.1, 0.15) is 5.75 Å². The van der Waals surface area contributed by atoms with Crippen LogP contribution in [0.5, 0.6) is 5.75 Å². The molecular formula is C13H17NO3S. The summed E-state index contributed by atoms with van der Waals surface area (Å²) in [6.07, 6.45) is 3.31. The fourth-order valence-electron chi connectivity index (χ4n) is 1.43. The summed E-state index contributed by atoms with van der Waals surface area (Å²) < 4.78 is 4.84. The van der Waals surface area contributed by atoms with Crippen molar-refractivity contribution < 1.29 is 14.6 Å². The lowest BCUT2D eigenvalue weighted by Crippen LogP contribution is -2.07. The van der Waals surface area contributed by atoms with E-state index < -0.39 is 0 Å². The lowest BCUT2D eigenvalue weighted by molar-refractivity contribution is -0.139. The second kappa shape index (κ2) is 7.06. The van der Waals surface area contributed by atoms with Crippen LogP contribution in [0.2, 0.25) is 0 Å². The van der Waals surface area contributed by atoms with E-state index in [1.54, 1.807) is 26.1 Å². The molecule has 1 aromatic rings. The molecule has 1 heterocycles. The van der Waals surface area contributed by atoms with E-state index in [1.807, 2.05) is 0 Å². The first kappa shape index (κ1) is 14.6. The SMILES string of the molecule is C=Cc1cnc(C)c(O)c1CSCC(=O)OCC. The highest BCUT2D eigenvalue weighted by atomic mass is 32.2. The zero-order valence-corrected chi connectivity index (χ0v) is 11.4. The highest BCUT2D eigenvalue weighted by molar-refractivity contribution is 7.99. The van der Waals surface area contributed by atoms with Gasteiger partial charge < -0.3 is 9.84 Å². The summed E-state index contributed by atoms with van der Waals surface area (Å²) >= 11 is 1.40. The highest BCUT2D eigenvalue weighted by Crippen LogP contribution is 2.28. The molecule has 1 rings (SSSR count). The van der Waals surface area contributed by atoms with Gasteiger partial charge >= 0.3 is 5.97 Å². The van der Waals surface area contributed by atoms with Crippen LogP contribution in [0.4, 0.5) is 0 Å². The molecule has 0 atom stereocenters. The maximum absolute atomic E-state index is 11.2. The largest absolute Gasteiger partial charge is 0.506 e. The van der Waals surface area contributed by atoms with Crippen molar-refractivity contribution in [2.24, 2.45) is 0 Å². The predicted molar refractivity (Wildman–Crippen MR) is 73.5 cm³/mol. The van der Waals surface area contributed by atoms with Gasteiger partial charge in [0.05, 0.1) is 18.1 Å². The maximum Gasteiger partial charge on any atom is 0.315 e. The average Bonchev–Trinajstić information content (AvgIpc) is 2.35. The van der Waals surface area contributed by atoms with Crippen LogP contribution in [0.1, 0.15) is 23.7 Å². The molecule has 1 aromatic heterocycles. The molecule has 5 heteroatoms. The number of rotatable bonds is 6. The van der Waals surface area contributed by atoms with Crippen LogP contribution in [0.3, 0.4) is 0 Å². The van der Waals surface area contributed by atoms with Gasteiger partial charge in [0.2, 0.25) is 0 Å². The Kier molecular flexibility index (Phi) is 5.71. The lowest BCUT2D eigenvalue weighted by Gasteiger charge is -2.09. The van der Waals surface area contributed by atoms with Crippen LogP contribution in [0.15, 0.2) is 12.8 Å². The van der Waals surface area contributed by atoms with Gasteiger partial charge in [-0.3, -0.25) is 9.78 Å². The smallest absolute Gasteiger partial charge is 0.315 e. The molecular weight excluding hydrogens is 250 g/mol. The molecule has 0 radical (unpaired) electrons. The number of aromatic nitrogens is 1. The quantitative estimate of drug-likeness (QED) is 0.803. The Morgan fingerprint density at radius 2 is 2.39 bits per heavy atom. The second-order valence-electron chi connectivity index (χ2n) is 3.63. The first-order valence-electron chi connectivity index (χ1n) is 5.63. The molecule has 0 aliphatic carbocycles. The summed E-state index contributed by atoms with van der Waals surface area (Å²) in [6, 6.07) is 0. The number of carbonyl (C=O) groups is 1. The standard InChI is InChI=1S/C13H17NO3S/c1-4-10-6-14-9(3)13(16)11(10)7-18-8-12(15)17-5-2/h4,6,16H,1,5,7-8H2,2-3H3. The molecule has 0 fully saturated rings. The average molecular weight is 267 g/mol. The van der Waals surface area contributed by atoms with Crippen LogP contribution in [0, 0.1) is 6.92 Å². The monoisotopic (exact) mass is 267 g/mol. The van der Waals surface area contributed by atoms with E-state index in [0.717, 1.165) is 11.1 Å². The molecule has 1 N–H and O–H groups in total. The van der Waals surface area contributed by atoms with E-state index in [9.17, 15) is 9.90 Å². The Hall–Kier alpha value is -1.49. The van der Waals surface area contributed by atoms with Gasteiger partial charge in [-0.05, 0) is 19.4 Å². The molecule has 4 nitrogen and oxygen atoms in total. The summed E-state index contributed by atoms with van der Waals surface area (Å²) in [5, 5.41) is 9.94. The number of thioether (sulfide) groups is 1. The zero-order chi connectivity index (χ0) is 13.5. The van der Waals surface area contributed by atoms with Crippen molar-refractivity contribution in [1.82, 2.24) is 4.98 Å². The highest BCUT2D eigenvalue weighted by Gasteiger charge is 2.11. The van der Waals surface area contributed by atoms with Gasteiger partial charge in [-0.1, -0.05) is 12.7 Å². The Bertz CT molecular complexity index is 446. The number of ether oxygens (including phenoxy) is 1. The minimum atomic E-state index is -0.243. The molecule has 0 unspecified atom stereocenters. The normalized spacial score (nSPS) is 10.1. The minimum absolute atomic E-state index is 0.170. The fraction of sp³-hybridized carbons (Fsp3) is 0.385. The van der Waals surface area contributed by atoms with Crippen molar-refractivity contribution in [3.63, 3.8) is 0 Å². The van der Waals surface area contributed by atoms with Crippen molar-refractivity contribution >= 4 is 23.8 Å². The van der Waals surface area contributed by atoms with Crippen molar-refractivity contribution in [2.75, 3.05) is 12.4 Å². The van der Waals surface area contributed by atoms with Gasteiger partial charge in [0, 0.05) is 17.5 Å². The molecule has 0 bridgehead atoms. The predicted octanol–water partition coefficient (Wildman–Crippen LogP) is 2.53. The Labute approximate surface area is 111 Å². The number of hydrogen-bond donors (Lipinski definition) is 1. The molecule has 98 valence electrons. The molecule has 18 heavy (non-hydrogen) atoms. The van der Waals surface area contributed by atoms with Crippen LogP contribution in [-0.2, 0) is 15.3 Å². The van der Waals surface area contributed by atoms with E-state index >= 15 is 0 Å². The molecule has 0 amide bonds. The summed E-state index contributed by atoms with van der Waals surface area (Å²) in [5.41, 5.74) is 2.12. The number of aromatic hydroxyl groups is 1. The van der Waals surface area contributed by atoms with Crippen LogP contribution in [-0.4, -0.2) is 28.4 Å². The molecule has 0 saturated carbocycles. The van der Waals surface area contributed by atoms with Gasteiger partial charge in [-0.15, -0.1) is 11.8 Å². The summed E-state index contributed by atoms with van der Waals surface area (Å²) in [7, 11) is 0. The van der Waals surface area contributed by atoms with Gasteiger partial charge in [0.25, 0.3) is 0 Å². The van der Waals surface area contributed by atoms with Crippen molar-refractivity contribution in [2.45, 2.75) is 19.6 Å². The summed E-state index contributed by atoms with van der Waals surface area (Å²) in [4.78, 5) is 15.3. The first-order chi connectivity index (χ1) is 8.60. The van der Waals surface area contributed by atoms with E-state index in [1.165, 1.54) is 11.8 Å². The minimum Gasteiger partial charge on any atom is -0.506 e. The third-order valence-electron chi connectivity index (χ3n) is 2.37. The molecule has 0 saturated heterocycles. The van der Waals surface area contributed by atoms with E-state index in [2.05, 4.69) is 11.6 Å². The number of aryl methyl sites for hydroxylation is 1. The maximum atomic E-state index is 11.2. The summed E-state index contributed by atoms with van der Waals surface area (Å²) in [6.45, 7) is 7.58. The van der Waals surface area contributed by atoms with E-state index in [-0.39, 0.29) is 17.5 Å². The molecule has 0 aliphatic heterocycles. The van der Waals surface area contributed by atoms with Crippen molar-refractivity contribution in [3.8, 4) is 5.75 Å². The topological polar surface area (TPSA) is 59.4 Å². The summed E-state index contributed by atoms with van der Waals surface area (Å²) in [5.74, 6) is 0.720.